The minimum absolute atomic E-state index is 0.395. The third-order valence-corrected chi connectivity index (χ3v) is 7.40. The largest absolute Gasteiger partial charge is 0.383 e. The molecule has 8 nitrogen and oxygen atoms in total. The van der Waals surface area contributed by atoms with Crippen LogP contribution >= 0.6 is 22.9 Å². The number of benzene rings is 1. The molecule has 1 saturated heterocycles. The fourth-order valence-corrected chi connectivity index (χ4v) is 5.46. The van der Waals surface area contributed by atoms with Gasteiger partial charge >= 0.3 is 0 Å². The molecule has 1 aliphatic heterocycles. The predicted octanol–water partition coefficient (Wildman–Crippen LogP) is 5.26. The number of nitrogens with one attached hydrogen (secondary N) is 1. The third-order valence-electron chi connectivity index (χ3n) is 6.04. The number of amides is 1. The van der Waals surface area contributed by atoms with Gasteiger partial charge in [0.2, 0.25) is 0 Å². The van der Waals surface area contributed by atoms with Crippen LogP contribution in [0, 0.1) is 0 Å². The van der Waals surface area contributed by atoms with Gasteiger partial charge in [-0.15, -0.1) is 11.3 Å². The lowest BCUT2D eigenvalue weighted by molar-refractivity contribution is 0.100. The Morgan fingerprint density at radius 3 is 2.56 bits per heavy atom. The number of likely N-dealkylation sites (N-methyl/N-ethyl adjacent to an activating group) is 1. The highest BCUT2D eigenvalue weighted by Crippen LogP contribution is 2.40. The number of nitrogens with two attached hydrogens (primary N) is 1. The van der Waals surface area contributed by atoms with Crippen LogP contribution in [0.25, 0.3) is 32.5 Å². The number of piperazine rings is 1. The second-order valence-corrected chi connectivity index (χ2v) is 9.90. The highest BCUT2D eigenvalue weighted by atomic mass is 35.5. The highest BCUT2D eigenvalue weighted by Gasteiger charge is 2.20. The van der Waals surface area contributed by atoms with Crippen molar-refractivity contribution >= 4 is 61.3 Å². The first-order chi connectivity index (χ1) is 17.4. The molecule has 0 atom stereocenters. The zero-order valence-electron chi connectivity index (χ0n) is 21.1. The van der Waals surface area contributed by atoms with Crippen LogP contribution in [0.5, 0.6) is 0 Å². The van der Waals surface area contributed by atoms with E-state index in [9.17, 15) is 4.79 Å². The van der Waals surface area contributed by atoms with Crippen LogP contribution in [-0.2, 0) is 0 Å². The molecule has 3 aromatic heterocycles. The van der Waals surface area contributed by atoms with E-state index in [1.165, 1.54) is 11.3 Å². The van der Waals surface area contributed by atoms with Crippen LogP contribution in [0.3, 0.4) is 0 Å². The number of hydrogen-bond donors (Lipinski definition) is 2. The van der Waals surface area contributed by atoms with E-state index in [2.05, 4.69) is 34.1 Å². The summed E-state index contributed by atoms with van der Waals surface area (Å²) in [6.07, 6.45) is 0.935. The molecule has 5 rings (SSSR count). The maximum Gasteiger partial charge on any atom is 0.260 e. The van der Waals surface area contributed by atoms with Crippen molar-refractivity contribution in [3.63, 3.8) is 0 Å². The van der Waals surface area contributed by atoms with Crippen molar-refractivity contribution in [2.45, 2.75) is 27.2 Å². The molecule has 4 heterocycles. The number of fused-ring (bicyclic) bond motifs is 3. The molecule has 4 aromatic rings. The van der Waals surface area contributed by atoms with Crippen LogP contribution in [0.15, 0.2) is 30.3 Å². The summed E-state index contributed by atoms with van der Waals surface area (Å²) in [5.41, 5.74) is 7.90. The highest BCUT2D eigenvalue weighted by molar-refractivity contribution is 7.21. The van der Waals surface area contributed by atoms with Crippen LogP contribution in [0.4, 0.5) is 11.5 Å². The molecule has 0 aliphatic carbocycles. The SMILES string of the molecule is CC.CCCNc1c(C(N)=O)sc2ccc3nc(-c4nc(Cl)cc(N5CCN(C)CC5)n4)ccc3c12. The fraction of sp³-hybridized carbons (Fsp3) is 0.385. The van der Waals surface area contributed by atoms with Gasteiger partial charge in [-0.2, -0.15) is 0 Å². The molecule has 1 aromatic carbocycles. The van der Waals surface area contributed by atoms with Gasteiger partial charge in [-0.25, -0.2) is 15.0 Å². The molecule has 10 heteroatoms. The summed E-state index contributed by atoms with van der Waals surface area (Å²) in [5, 5.41) is 5.70. The van der Waals surface area contributed by atoms with Crippen molar-refractivity contribution in [1.82, 2.24) is 19.9 Å². The summed E-state index contributed by atoms with van der Waals surface area (Å²) in [6, 6.07) is 9.67. The number of pyridine rings is 1. The first-order valence-electron chi connectivity index (χ1n) is 12.3. The normalized spacial score (nSPS) is 14.1. The number of primary amides is 1. The van der Waals surface area contributed by atoms with Crippen molar-refractivity contribution in [3.8, 4) is 11.5 Å². The van der Waals surface area contributed by atoms with E-state index in [0.717, 1.165) is 71.6 Å². The molecule has 190 valence electrons. The predicted molar refractivity (Wildman–Crippen MR) is 152 cm³/mol. The molecular formula is C26H32ClN7OS. The van der Waals surface area contributed by atoms with Crippen molar-refractivity contribution in [1.29, 1.82) is 0 Å². The smallest absolute Gasteiger partial charge is 0.260 e. The van der Waals surface area contributed by atoms with Gasteiger partial charge in [-0.1, -0.05) is 32.4 Å². The lowest BCUT2D eigenvalue weighted by Gasteiger charge is -2.33. The molecule has 0 unspecified atom stereocenters. The van der Waals surface area contributed by atoms with Gasteiger partial charge < -0.3 is 20.9 Å². The van der Waals surface area contributed by atoms with Gasteiger partial charge in [0.15, 0.2) is 5.82 Å². The van der Waals surface area contributed by atoms with Gasteiger partial charge in [-0.3, -0.25) is 4.79 Å². The van der Waals surface area contributed by atoms with Gasteiger partial charge in [0.25, 0.3) is 5.91 Å². The Morgan fingerprint density at radius 1 is 1.11 bits per heavy atom. The van der Waals surface area contributed by atoms with E-state index in [1.54, 1.807) is 0 Å². The fourth-order valence-electron chi connectivity index (χ4n) is 4.24. The lowest BCUT2D eigenvalue weighted by atomic mass is 10.1. The molecule has 1 fully saturated rings. The molecule has 0 saturated carbocycles. The minimum Gasteiger partial charge on any atom is -0.383 e. The molecular weight excluding hydrogens is 494 g/mol. The summed E-state index contributed by atoms with van der Waals surface area (Å²) in [5.74, 6) is 0.882. The Bertz CT molecular complexity index is 1380. The first kappa shape index (κ1) is 26.1. The van der Waals surface area contributed by atoms with Crippen LogP contribution in [0.2, 0.25) is 5.15 Å². The van der Waals surface area contributed by atoms with E-state index in [-0.39, 0.29) is 0 Å². The second-order valence-electron chi connectivity index (χ2n) is 8.46. The lowest BCUT2D eigenvalue weighted by Crippen LogP contribution is -2.44. The number of halogens is 1. The summed E-state index contributed by atoms with van der Waals surface area (Å²) < 4.78 is 0.991. The maximum atomic E-state index is 12.1. The zero-order valence-corrected chi connectivity index (χ0v) is 22.7. The number of carbonyl (C=O) groups is 1. The number of thiophene rings is 1. The van der Waals surface area contributed by atoms with Gasteiger partial charge in [0, 0.05) is 54.3 Å². The summed E-state index contributed by atoms with van der Waals surface area (Å²) in [6.45, 7) is 10.6. The average molecular weight is 526 g/mol. The topological polar surface area (TPSA) is 100 Å². The number of hydrogen-bond acceptors (Lipinski definition) is 8. The Labute approximate surface area is 220 Å². The Kier molecular flexibility index (Phi) is 8.23. The molecule has 0 spiro atoms. The summed E-state index contributed by atoms with van der Waals surface area (Å²) in [4.78, 5) is 31.2. The second kappa shape index (κ2) is 11.4. The van der Waals surface area contributed by atoms with Crippen LogP contribution in [-0.4, -0.2) is 65.5 Å². The van der Waals surface area contributed by atoms with Gasteiger partial charge in [0.1, 0.15) is 21.5 Å². The summed E-state index contributed by atoms with van der Waals surface area (Å²) >= 11 is 7.78. The maximum absolute atomic E-state index is 12.1. The van der Waals surface area contributed by atoms with Crippen molar-refractivity contribution < 1.29 is 4.79 Å². The van der Waals surface area contributed by atoms with Crippen molar-refractivity contribution in [2.75, 3.05) is 50.0 Å². The Hall–Kier alpha value is -3.01. The molecule has 1 amide bonds. The van der Waals surface area contributed by atoms with Crippen molar-refractivity contribution in [3.05, 3.63) is 40.4 Å². The number of carbonyl (C=O) groups excluding carboxylic acids is 1. The number of nitrogens with zero attached hydrogens (tertiary/aromatic N) is 5. The number of rotatable bonds is 6. The van der Waals surface area contributed by atoms with E-state index in [1.807, 2.05) is 44.2 Å². The molecule has 36 heavy (non-hydrogen) atoms. The van der Waals surface area contributed by atoms with E-state index in [4.69, 9.17) is 27.3 Å². The van der Waals surface area contributed by atoms with Crippen LogP contribution < -0.4 is 16.0 Å². The van der Waals surface area contributed by atoms with E-state index >= 15 is 0 Å². The summed E-state index contributed by atoms with van der Waals surface area (Å²) in [7, 11) is 2.12. The quantitative estimate of drug-likeness (QED) is 0.331. The average Bonchev–Trinajstić information content (AvgIpc) is 3.27. The van der Waals surface area contributed by atoms with Gasteiger partial charge in [-0.05, 0) is 37.7 Å². The van der Waals surface area contributed by atoms with Gasteiger partial charge in [0.05, 0.1) is 11.2 Å². The molecule has 1 aliphatic rings. The number of anilines is 2. The van der Waals surface area contributed by atoms with Crippen LogP contribution in [0.1, 0.15) is 36.9 Å². The molecule has 3 N–H and O–H groups in total. The minimum atomic E-state index is -0.429. The van der Waals surface area contributed by atoms with E-state index < -0.39 is 5.91 Å². The standard InChI is InChI=1S/C24H26ClN7OS.C2H6/c1-3-8-27-21-20-14-4-5-16(28-15(14)6-7-17(20)34-22(21)23(26)33)24-29-18(25)13-19(30-24)32-11-9-31(2)10-12-32;1-2/h4-7,13,27H,3,8-12H2,1-2H3,(H2,26,33);1-2H3. The monoisotopic (exact) mass is 525 g/mol. The number of aromatic nitrogens is 3. The first-order valence-corrected chi connectivity index (χ1v) is 13.5. The third kappa shape index (κ3) is 5.23. The van der Waals surface area contributed by atoms with Crippen molar-refractivity contribution in [2.24, 2.45) is 5.73 Å². The zero-order chi connectivity index (χ0) is 25.8. The molecule has 0 bridgehead atoms. The molecule has 0 radical (unpaired) electrons. The Balaban J connectivity index is 0.00000148. The van der Waals surface area contributed by atoms with E-state index in [0.29, 0.717) is 21.5 Å². The Morgan fingerprint density at radius 2 is 1.86 bits per heavy atom.